The molecule has 1 amide bonds. The molecule has 36 heavy (non-hydrogen) atoms. The summed E-state index contributed by atoms with van der Waals surface area (Å²) < 4.78 is 88.4. The highest BCUT2D eigenvalue weighted by molar-refractivity contribution is 6.06. The molecule has 1 atom stereocenters. The van der Waals surface area contributed by atoms with Crippen LogP contribution in [-0.2, 0) is 4.79 Å². The Morgan fingerprint density at radius 2 is 1.75 bits per heavy atom. The Morgan fingerprint density at radius 1 is 1.08 bits per heavy atom. The van der Waals surface area contributed by atoms with Gasteiger partial charge in [0.1, 0.15) is 28.9 Å². The number of nitrogens with zero attached hydrogens (tertiary/aromatic N) is 3. The van der Waals surface area contributed by atoms with Gasteiger partial charge in [0, 0.05) is 19.3 Å². The number of halogens is 6. The van der Waals surface area contributed by atoms with Gasteiger partial charge in [0.15, 0.2) is 11.6 Å². The van der Waals surface area contributed by atoms with E-state index in [4.69, 9.17) is 4.74 Å². The first-order chi connectivity index (χ1) is 16.9. The number of benzene rings is 2. The second-order valence-corrected chi connectivity index (χ2v) is 7.35. The van der Waals surface area contributed by atoms with Crippen molar-refractivity contribution in [3.63, 3.8) is 0 Å². The fourth-order valence-corrected chi connectivity index (χ4v) is 2.95. The SMILES string of the molecule is CC(Oc1cc(N(C)/N=c2/ccccn2C=O)c(F)cc1C(=O)Nc1c(F)cccc1F)C(F)(F)F. The summed E-state index contributed by atoms with van der Waals surface area (Å²) in [4.78, 5) is 23.9. The molecule has 0 aliphatic heterocycles. The third-order valence-corrected chi connectivity index (χ3v) is 4.84. The second-order valence-electron chi connectivity index (χ2n) is 7.35. The van der Waals surface area contributed by atoms with E-state index < -0.39 is 58.3 Å². The molecule has 190 valence electrons. The summed E-state index contributed by atoms with van der Waals surface area (Å²) >= 11 is 0. The molecule has 0 aliphatic rings. The van der Waals surface area contributed by atoms with Crippen molar-refractivity contribution in [3.8, 4) is 5.75 Å². The highest BCUT2D eigenvalue weighted by Crippen LogP contribution is 2.33. The molecule has 0 fully saturated rings. The van der Waals surface area contributed by atoms with Crippen LogP contribution >= 0.6 is 0 Å². The lowest BCUT2D eigenvalue weighted by Crippen LogP contribution is -2.32. The van der Waals surface area contributed by atoms with Gasteiger partial charge in [-0.05, 0) is 37.3 Å². The van der Waals surface area contributed by atoms with Crippen molar-refractivity contribution < 1.29 is 40.7 Å². The minimum absolute atomic E-state index is 0.0531. The quantitative estimate of drug-likeness (QED) is 0.288. The summed E-state index contributed by atoms with van der Waals surface area (Å²) in [5, 5.41) is 6.84. The maximum Gasteiger partial charge on any atom is 0.425 e. The lowest BCUT2D eigenvalue weighted by Gasteiger charge is -2.22. The molecular formula is C23H18F6N4O3. The van der Waals surface area contributed by atoms with Crippen molar-refractivity contribution in [2.75, 3.05) is 17.4 Å². The third kappa shape index (κ3) is 5.85. The fourth-order valence-electron chi connectivity index (χ4n) is 2.95. The third-order valence-electron chi connectivity index (χ3n) is 4.84. The second kappa shape index (κ2) is 10.5. The Balaban J connectivity index is 2.09. The number of anilines is 2. The molecule has 0 spiro atoms. The smallest absolute Gasteiger partial charge is 0.425 e. The number of alkyl halides is 3. The van der Waals surface area contributed by atoms with Gasteiger partial charge < -0.3 is 10.1 Å². The first-order valence-corrected chi connectivity index (χ1v) is 10.2. The van der Waals surface area contributed by atoms with E-state index in [1.165, 1.54) is 31.4 Å². The zero-order valence-electron chi connectivity index (χ0n) is 18.7. The normalized spacial score (nSPS) is 12.7. The maximum absolute atomic E-state index is 15.0. The number of para-hydroxylation sites is 1. The molecule has 7 nitrogen and oxygen atoms in total. The number of aromatic nitrogens is 1. The van der Waals surface area contributed by atoms with Crippen LogP contribution in [0.4, 0.5) is 37.7 Å². The van der Waals surface area contributed by atoms with Crippen molar-refractivity contribution in [1.82, 2.24) is 4.57 Å². The number of hydrogen-bond acceptors (Lipinski definition) is 5. The number of amides is 1. The molecule has 0 saturated heterocycles. The number of nitrogens with one attached hydrogen (secondary N) is 1. The van der Waals surface area contributed by atoms with Gasteiger partial charge in [0.05, 0.1) is 11.3 Å². The van der Waals surface area contributed by atoms with E-state index in [1.807, 2.05) is 5.32 Å². The van der Waals surface area contributed by atoms with Gasteiger partial charge in [-0.2, -0.15) is 18.3 Å². The Morgan fingerprint density at radius 3 is 2.36 bits per heavy atom. The van der Waals surface area contributed by atoms with E-state index >= 15 is 4.39 Å². The number of ether oxygens (including phenoxy) is 1. The van der Waals surface area contributed by atoms with Crippen LogP contribution in [0.15, 0.2) is 59.8 Å². The number of carbonyl (C=O) groups is 2. The monoisotopic (exact) mass is 512 g/mol. The standard InChI is InChI=1S/C23H18F6N4O3/c1-13(23(27,28)29)36-19-11-18(32(2)31-20-8-3-4-9-33(20)12-34)17(26)10-14(19)22(35)30-21-15(24)6-5-7-16(21)25/h3-13H,1-2H3,(H,30,35)/b31-20-. The van der Waals surface area contributed by atoms with Crippen LogP contribution in [0.25, 0.3) is 0 Å². The van der Waals surface area contributed by atoms with Gasteiger partial charge in [0.25, 0.3) is 5.91 Å². The van der Waals surface area contributed by atoms with Gasteiger partial charge in [-0.1, -0.05) is 12.1 Å². The van der Waals surface area contributed by atoms with Crippen LogP contribution in [0.1, 0.15) is 17.3 Å². The minimum Gasteiger partial charge on any atom is -0.480 e. The first kappa shape index (κ1) is 26.3. The molecule has 1 unspecified atom stereocenters. The lowest BCUT2D eigenvalue weighted by atomic mass is 10.1. The average molecular weight is 512 g/mol. The highest BCUT2D eigenvalue weighted by Gasteiger charge is 2.39. The topological polar surface area (TPSA) is 75.9 Å². The van der Waals surface area contributed by atoms with E-state index in [-0.39, 0.29) is 5.49 Å². The van der Waals surface area contributed by atoms with Gasteiger partial charge in [0.2, 0.25) is 6.41 Å². The van der Waals surface area contributed by atoms with E-state index in [1.54, 1.807) is 0 Å². The fraction of sp³-hybridized carbons (Fsp3) is 0.174. The Bertz CT molecular complexity index is 1340. The van der Waals surface area contributed by atoms with Crippen LogP contribution in [0.2, 0.25) is 0 Å². The molecule has 2 aromatic carbocycles. The van der Waals surface area contributed by atoms with Crippen molar-refractivity contribution in [2.45, 2.75) is 19.2 Å². The van der Waals surface area contributed by atoms with Crippen molar-refractivity contribution in [1.29, 1.82) is 0 Å². The van der Waals surface area contributed by atoms with Gasteiger partial charge in [-0.15, -0.1) is 0 Å². The van der Waals surface area contributed by atoms with Crippen LogP contribution in [0.5, 0.6) is 5.75 Å². The molecule has 0 aliphatic carbocycles. The molecule has 1 N–H and O–H groups in total. The molecule has 1 aromatic heterocycles. The summed E-state index contributed by atoms with van der Waals surface area (Å²) in [5.74, 6) is -5.49. The highest BCUT2D eigenvalue weighted by atomic mass is 19.4. The van der Waals surface area contributed by atoms with Crippen molar-refractivity contribution >= 4 is 23.7 Å². The molecule has 0 bridgehead atoms. The van der Waals surface area contributed by atoms with E-state index in [9.17, 15) is 31.5 Å². The summed E-state index contributed by atoms with van der Waals surface area (Å²) in [5.41, 5.74) is -2.01. The maximum atomic E-state index is 15.0. The Hall–Kier alpha value is -4.29. The average Bonchev–Trinajstić information content (AvgIpc) is 2.81. The van der Waals surface area contributed by atoms with Gasteiger partial charge in [-0.3, -0.25) is 19.2 Å². The molecule has 3 rings (SSSR count). The van der Waals surface area contributed by atoms with Crippen molar-refractivity contribution in [3.05, 3.63) is 83.2 Å². The number of rotatable bonds is 7. The Labute approximate surface area is 200 Å². The zero-order chi connectivity index (χ0) is 26.6. The van der Waals surface area contributed by atoms with E-state index in [2.05, 4.69) is 5.10 Å². The first-order valence-electron chi connectivity index (χ1n) is 10.2. The minimum atomic E-state index is -4.85. The van der Waals surface area contributed by atoms with Crippen LogP contribution < -0.4 is 20.6 Å². The summed E-state index contributed by atoms with van der Waals surface area (Å²) in [6.45, 7) is 0.659. The largest absolute Gasteiger partial charge is 0.480 e. The lowest BCUT2D eigenvalue weighted by molar-refractivity contribution is -0.189. The molecule has 3 aromatic rings. The van der Waals surface area contributed by atoms with Gasteiger partial charge in [-0.25, -0.2) is 13.2 Å². The number of carbonyl (C=O) groups excluding carboxylic acids is 2. The predicted molar refractivity (Wildman–Crippen MR) is 117 cm³/mol. The molecular weight excluding hydrogens is 494 g/mol. The molecule has 1 heterocycles. The van der Waals surface area contributed by atoms with Crippen molar-refractivity contribution in [2.24, 2.45) is 5.10 Å². The predicted octanol–water partition coefficient (Wildman–Crippen LogP) is 4.48. The van der Waals surface area contributed by atoms with Crippen LogP contribution in [0.3, 0.4) is 0 Å². The summed E-state index contributed by atoms with van der Waals surface area (Å²) in [6, 6.07) is 8.54. The van der Waals surface area contributed by atoms with Crippen LogP contribution in [-0.4, -0.2) is 36.2 Å². The molecule has 13 heteroatoms. The zero-order valence-corrected chi connectivity index (χ0v) is 18.7. The van der Waals surface area contributed by atoms with Gasteiger partial charge >= 0.3 is 6.18 Å². The summed E-state index contributed by atoms with van der Waals surface area (Å²) in [7, 11) is 1.24. The van der Waals surface area contributed by atoms with E-state index in [0.29, 0.717) is 19.4 Å². The number of hydrogen-bond donors (Lipinski definition) is 1. The number of pyridine rings is 1. The molecule has 0 radical (unpaired) electrons. The van der Waals surface area contributed by atoms with Crippen LogP contribution in [0, 0.1) is 17.5 Å². The Kier molecular flexibility index (Phi) is 7.71. The van der Waals surface area contributed by atoms with E-state index in [0.717, 1.165) is 33.8 Å². The summed E-state index contributed by atoms with van der Waals surface area (Å²) in [6.07, 6.45) is -5.49. The molecule has 0 saturated carbocycles.